The number of sulfonamides is 1. The molecule has 0 saturated carbocycles. The topological polar surface area (TPSA) is 87.6 Å². The number of hydrogen-bond acceptors (Lipinski definition) is 5. The van der Waals surface area contributed by atoms with Gasteiger partial charge in [0.25, 0.3) is 0 Å². The van der Waals surface area contributed by atoms with Gasteiger partial charge in [0.1, 0.15) is 6.04 Å². The Hall–Kier alpha value is -1.51. The first-order valence-electron chi connectivity index (χ1n) is 6.08. The summed E-state index contributed by atoms with van der Waals surface area (Å²) >= 11 is 1.36. The van der Waals surface area contributed by atoms with Crippen LogP contribution in [0.2, 0.25) is 0 Å². The Morgan fingerprint density at radius 2 is 2.25 bits per heavy atom. The van der Waals surface area contributed by atoms with Crippen LogP contribution in [0.1, 0.15) is 12.8 Å². The van der Waals surface area contributed by atoms with Crippen LogP contribution in [0.4, 0.5) is 0 Å². The Morgan fingerprint density at radius 1 is 1.45 bits per heavy atom. The van der Waals surface area contributed by atoms with E-state index in [9.17, 15) is 13.2 Å². The summed E-state index contributed by atoms with van der Waals surface area (Å²) in [5.41, 5.74) is 2.39. The summed E-state index contributed by atoms with van der Waals surface area (Å²) in [4.78, 5) is 15.4. The van der Waals surface area contributed by atoms with Gasteiger partial charge in [-0.25, -0.2) is 13.4 Å². The maximum atomic E-state index is 12.6. The van der Waals surface area contributed by atoms with Gasteiger partial charge in [0, 0.05) is 6.54 Å². The van der Waals surface area contributed by atoms with Crippen molar-refractivity contribution in [2.24, 2.45) is 0 Å². The summed E-state index contributed by atoms with van der Waals surface area (Å²) < 4.78 is 27.0. The second-order valence-corrected chi connectivity index (χ2v) is 7.37. The number of carboxylic acid groups (broad SMARTS) is 1. The standard InChI is InChI=1S/C12H12N2O4S2/c15-12(16)10-2-1-5-14(10)20(17,18)8-3-4-9-11(6-8)19-7-13-9/h3-4,6-7,10H,1-2,5H2,(H,15,16)/t10-/m1/s1. The number of benzene rings is 1. The van der Waals surface area contributed by atoms with E-state index in [1.807, 2.05) is 0 Å². The zero-order valence-corrected chi connectivity index (χ0v) is 12.0. The van der Waals surface area contributed by atoms with Crippen molar-refractivity contribution < 1.29 is 18.3 Å². The molecule has 106 valence electrons. The Labute approximate surface area is 119 Å². The van der Waals surface area contributed by atoms with Crippen molar-refractivity contribution in [3.05, 3.63) is 23.7 Å². The molecule has 2 heterocycles. The first-order valence-corrected chi connectivity index (χ1v) is 8.40. The van der Waals surface area contributed by atoms with Gasteiger partial charge in [-0.3, -0.25) is 4.79 Å². The molecule has 1 fully saturated rings. The molecule has 0 spiro atoms. The molecule has 3 rings (SSSR count). The third kappa shape index (κ3) is 2.09. The molecule has 20 heavy (non-hydrogen) atoms. The van der Waals surface area contributed by atoms with Gasteiger partial charge < -0.3 is 5.11 Å². The number of rotatable bonds is 3. The van der Waals surface area contributed by atoms with Crippen LogP contribution in [-0.2, 0) is 14.8 Å². The fraction of sp³-hybridized carbons (Fsp3) is 0.333. The Kier molecular flexibility index (Phi) is 3.23. The summed E-state index contributed by atoms with van der Waals surface area (Å²) in [6, 6.07) is 3.72. The molecule has 2 aromatic rings. The monoisotopic (exact) mass is 312 g/mol. The average molecular weight is 312 g/mol. The Bertz CT molecular complexity index is 769. The van der Waals surface area contributed by atoms with Gasteiger partial charge in [0.05, 0.1) is 20.6 Å². The van der Waals surface area contributed by atoms with Crippen LogP contribution in [0.3, 0.4) is 0 Å². The Balaban J connectivity index is 2.04. The zero-order chi connectivity index (χ0) is 14.3. The molecule has 1 saturated heterocycles. The van der Waals surface area contributed by atoms with Crippen LogP contribution >= 0.6 is 11.3 Å². The van der Waals surface area contributed by atoms with Gasteiger partial charge in [-0.1, -0.05) is 0 Å². The average Bonchev–Trinajstić information content (AvgIpc) is 3.06. The number of thiazole rings is 1. The number of fused-ring (bicyclic) bond motifs is 1. The highest BCUT2D eigenvalue weighted by atomic mass is 32.2. The van der Waals surface area contributed by atoms with Crippen LogP contribution in [0.15, 0.2) is 28.6 Å². The van der Waals surface area contributed by atoms with Crippen molar-refractivity contribution in [1.29, 1.82) is 0 Å². The van der Waals surface area contributed by atoms with Gasteiger partial charge in [-0.15, -0.1) is 11.3 Å². The normalized spacial score (nSPS) is 20.5. The molecule has 6 nitrogen and oxygen atoms in total. The number of carbonyl (C=O) groups is 1. The molecule has 0 amide bonds. The molecule has 1 aromatic heterocycles. The van der Waals surface area contributed by atoms with E-state index in [4.69, 9.17) is 5.11 Å². The highest BCUT2D eigenvalue weighted by Crippen LogP contribution is 2.28. The molecule has 1 N–H and O–H groups in total. The summed E-state index contributed by atoms with van der Waals surface area (Å²) in [6.07, 6.45) is 0.927. The molecule has 0 aliphatic carbocycles. The smallest absolute Gasteiger partial charge is 0.322 e. The van der Waals surface area contributed by atoms with Crippen molar-refractivity contribution in [3.8, 4) is 0 Å². The molecule has 1 atom stereocenters. The number of hydrogen-bond donors (Lipinski definition) is 1. The van der Waals surface area contributed by atoms with Crippen molar-refractivity contribution in [3.63, 3.8) is 0 Å². The summed E-state index contributed by atoms with van der Waals surface area (Å²) in [5.74, 6) is -1.09. The lowest BCUT2D eigenvalue weighted by Gasteiger charge is -2.20. The minimum atomic E-state index is -3.77. The molecule has 0 bridgehead atoms. The number of aromatic nitrogens is 1. The van der Waals surface area contributed by atoms with Crippen LogP contribution in [0, 0.1) is 0 Å². The zero-order valence-electron chi connectivity index (χ0n) is 10.4. The van der Waals surface area contributed by atoms with Crippen molar-refractivity contribution in [2.45, 2.75) is 23.8 Å². The molecule has 1 aliphatic heterocycles. The third-order valence-corrected chi connectivity index (χ3v) is 6.09. The SMILES string of the molecule is O=C(O)[C@H]1CCCN1S(=O)(=O)c1ccc2ncsc2c1. The third-order valence-electron chi connectivity index (χ3n) is 3.40. The van der Waals surface area contributed by atoms with Gasteiger partial charge in [-0.05, 0) is 31.0 Å². The van der Waals surface area contributed by atoms with Crippen molar-refractivity contribution in [2.75, 3.05) is 6.54 Å². The van der Waals surface area contributed by atoms with Gasteiger partial charge in [0.2, 0.25) is 10.0 Å². The van der Waals surface area contributed by atoms with Crippen LogP contribution in [-0.4, -0.2) is 41.4 Å². The lowest BCUT2D eigenvalue weighted by Crippen LogP contribution is -2.40. The van der Waals surface area contributed by atoms with E-state index in [2.05, 4.69) is 4.98 Å². The minimum Gasteiger partial charge on any atom is -0.480 e. The largest absolute Gasteiger partial charge is 0.480 e. The van der Waals surface area contributed by atoms with Crippen LogP contribution in [0.5, 0.6) is 0 Å². The number of carboxylic acids is 1. The number of nitrogens with zero attached hydrogens (tertiary/aromatic N) is 2. The van der Waals surface area contributed by atoms with Crippen molar-refractivity contribution >= 4 is 37.5 Å². The minimum absolute atomic E-state index is 0.127. The van der Waals surface area contributed by atoms with E-state index in [-0.39, 0.29) is 11.4 Å². The first kappa shape index (κ1) is 13.5. The Morgan fingerprint density at radius 3 is 3.00 bits per heavy atom. The molecule has 8 heteroatoms. The van der Waals surface area contributed by atoms with Crippen LogP contribution in [0.25, 0.3) is 10.2 Å². The second kappa shape index (κ2) is 4.80. The summed E-state index contributed by atoms with van der Waals surface area (Å²) in [6.45, 7) is 0.250. The lowest BCUT2D eigenvalue weighted by atomic mass is 10.2. The fourth-order valence-electron chi connectivity index (χ4n) is 2.41. The molecule has 1 aliphatic rings. The predicted molar refractivity (Wildman–Crippen MR) is 74.2 cm³/mol. The maximum absolute atomic E-state index is 12.6. The lowest BCUT2D eigenvalue weighted by molar-refractivity contribution is -0.140. The highest BCUT2D eigenvalue weighted by molar-refractivity contribution is 7.89. The maximum Gasteiger partial charge on any atom is 0.322 e. The molecular formula is C12H12N2O4S2. The van der Waals surface area contributed by atoms with Crippen LogP contribution < -0.4 is 0 Å². The fourth-order valence-corrected chi connectivity index (χ4v) is 4.87. The predicted octanol–water partition coefficient (Wildman–Crippen LogP) is 1.53. The second-order valence-electron chi connectivity index (χ2n) is 4.59. The van der Waals surface area contributed by atoms with Gasteiger partial charge in [-0.2, -0.15) is 4.31 Å². The summed E-state index contributed by atoms with van der Waals surface area (Å²) in [7, 11) is -3.77. The summed E-state index contributed by atoms with van der Waals surface area (Å²) in [5, 5.41) is 9.12. The van der Waals surface area contributed by atoms with E-state index < -0.39 is 22.0 Å². The highest BCUT2D eigenvalue weighted by Gasteiger charge is 2.39. The van der Waals surface area contributed by atoms with E-state index in [1.165, 1.54) is 17.4 Å². The molecule has 0 radical (unpaired) electrons. The molecule has 0 unspecified atom stereocenters. The molecular weight excluding hydrogens is 300 g/mol. The quantitative estimate of drug-likeness (QED) is 0.928. The number of aliphatic carboxylic acids is 1. The van der Waals surface area contributed by atoms with E-state index in [1.54, 1.807) is 17.6 Å². The van der Waals surface area contributed by atoms with E-state index in [0.717, 1.165) is 14.5 Å². The van der Waals surface area contributed by atoms with Crippen molar-refractivity contribution in [1.82, 2.24) is 9.29 Å². The van der Waals surface area contributed by atoms with E-state index >= 15 is 0 Å². The van der Waals surface area contributed by atoms with Gasteiger partial charge in [0.15, 0.2) is 0 Å². The van der Waals surface area contributed by atoms with E-state index in [0.29, 0.717) is 12.8 Å². The first-order chi connectivity index (χ1) is 9.50. The van der Waals surface area contributed by atoms with Gasteiger partial charge >= 0.3 is 5.97 Å². The molecule has 1 aromatic carbocycles.